The van der Waals surface area contributed by atoms with Crippen molar-refractivity contribution in [2.24, 2.45) is 12.8 Å². The fraction of sp³-hybridized carbons (Fsp3) is 0.318. The third-order valence-corrected chi connectivity index (χ3v) is 6.52. The summed E-state index contributed by atoms with van der Waals surface area (Å²) in [5.41, 5.74) is 5.08. The predicted molar refractivity (Wildman–Crippen MR) is 110 cm³/mol. The molecule has 2 aliphatic rings. The monoisotopic (exact) mass is 425 g/mol. The summed E-state index contributed by atoms with van der Waals surface area (Å²) < 4.78 is 22.6. The van der Waals surface area contributed by atoms with Gasteiger partial charge in [0.25, 0.3) is 5.56 Å². The average molecular weight is 425 g/mol. The van der Waals surface area contributed by atoms with E-state index in [1.165, 1.54) is 16.7 Å². The number of carbonyl (C=O) groups excluding carboxylic acids is 1. The van der Waals surface area contributed by atoms with Crippen LogP contribution in [0.5, 0.6) is 0 Å². The Morgan fingerprint density at radius 2 is 2.00 bits per heavy atom. The van der Waals surface area contributed by atoms with Crippen LogP contribution in [0.3, 0.4) is 0 Å². The van der Waals surface area contributed by atoms with Crippen molar-refractivity contribution in [2.75, 3.05) is 0 Å². The third kappa shape index (κ3) is 2.38. The largest absolute Gasteiger partial charge is 0.458 e. The van der Waals surface area contributed by atoms with E-state index < -0.39 is 28.4 Å². The van der Waals surface area contributed by atoms with Crippen LogP contribution < -0.4 is 16.7 Å². The molecular weight excluding hydrogens is 405 g/mol. The van der Waals surface area contributed by atoms with Crippen LogP contribution in [0.1, 0.15) is 35.7 Å². The van der Waals surface area contributed by atoms with Crippen molar-refractivity contribution in [1.29, 1.82) is 0 Å². The lowest BCUT2D eigenvalue weighted by Gasteiger charge is -2.31. The molecule has 0 fully saturated rings. The van der Waals surface area contributed by atoms with Gasteiger partial charge in [-0.3, -0.25) is 9.59 Å². The van der Waals surface area contributed by atoms with E-state index in [1.807, 2.05) is 0 Å². The van der Waals surface area contributed by atoms with Crippen molar-refractivity contribution in [3.05, 3.63) is 67.0 Å². The molecule has 0 bridgehead atoms. The van der Waals surface area contributed by atoms with Gasteiger partial charge in [-0.05, 0) is 24.6 Å². The minimum absolute atomic E-state index is 0.0108. The van der Waals surface area contributed by atoms with E-state index in [0.717, 1.165) is 0 Å². The Labute approximate surface area is 175 Å². The van der Waals surface area contributed by atoms with Crippen LogP contribution in [0.25, 0.3) is 22.2 Å². The Morgan fingerprint density at radius 1 is 1.26 bits per heavy atom. The summed E-state index contributed by atoms with van der Waals surface area (Å²) in [5.74, 6) is -1.40. The number of aromatic nitrogens is 2. The van der Waals surface area contributed by atoms with Crippen LogP contribution in [0.2, 0.25) is 0 Å². The van der Waals surface area contributed by atoms with Gasteiger partial charge in [-0.1, -0.05) is 6.92 Å². The second-order valence-electron chi connectivity index (χ2n) is 7.98. The maximum absolute atomic E-state index is 14.4. The molecule has 1 atom stereocenters. The Morgan fingerprint density at radius 3 is 2.68 bits per heavy atom. The van der Waals surface area contributed by atoms with Gasteiger partial charge in [-0.15, -0.1) is 0 Å². The molecule has 0 unspecified atom stereocenters. The first-order chi connectivity index (χ1) is 14.7. The minimum Gasteiger partial charge on any atom is -0.458 e. The lowest BCUT2D eigenvalue weighted by atomic mass is 9.85. The molecule has 0 saturated carbocycles. The Kier molecular flexibility index (Phi) is 4.03. The van der Waals surface area contributed by atoms with Gasteiger partial charge in [-0.2, -0.15) is 0 Å². The normalized spacial score (nSPS) is 19.2. The molecule has 9 heteroatoms. The smallest absolute Gasteiger partial charge is 0.343 e. The molecule has 0 radical (unpaired) electrons. The summed E-state index contributed by atoms with van der Waals surface area (Å²) in [6.07, 6.45) is 0.0113. The van der Waals surface area contributed by atoms with Gasteiger partial charge in [0, 0.05) is 30.1 Å². The number of nitrogens with zero attached hydrogens (tertiary/aromatic N) is 2. The van der Waals surface area contributed by atoms with Crippen molar-refractivity contribution in [3.8, 4) is 11.3 Å². The maximum Gasteiger partial charge on any atom is 0.343 e. The molecule has 4 heterocycles. The number of aryl methyl sites for hydroxylation is 1. The highest BCUT2D eigenvalue weighted by molar-refractivity contribution is 5.88. The number of carbonyl (C=O) groups is 1. The Hall–Kier alpha value is -3.30. The number of cyclic esters (lactones) is 1. The summed E-state index contributed by atoms with van der Waals surface area (Å²) in [5, 5.41) is 11.1. The number of rotatable bonds is 2. The zero-order valence-corrected chi connectivity index (χ0v) is 17.0. The first kappa shape index (κ1) is 19.7. The van der Waals surface area contributed by atoms with Gasteiger partial charge < -0.3 is 24.7 Å². The first-order valence-electron chi connectivity index (χ1n) is 9.94. The standard InChI is InChI=1S/C22H20FN3O5/c1-3-22(30)13-6-16-18-17(8-26(16)20(28)12(13)9-31-21(22)29)25(2)15-4-10(7-24)14(23)5-11(15)19(18)27/h4-6,30H,3,7-9,24H2,1-2H3/t22-/m0/s1. The van der Waals surface area contributed by atoms with Gasteiger partial charge in [0.05, 0.1) is 34.6 Å². The summed E-state index contributed by atoms with van der Waals surface area (Å²) in [7, 11) is 1.74. The number of nitrogens with two attached hydrogens (primary N) is 1. The average Bonchev–Trinajstić information content (AvgIpc) is 3.15. The van der Waals surface area contributed by atoms with Gasteiger partial charge in [0.2, 0.25) is 0 Å². The molecule has 0 saturated heterocycles. The highest BCUT2D eigenvalue weighted by atomic mass is 19.1. The van der Waals surface area contributed by atoms with E-state index in [-0.39, 0.29) is 53.8 Å². The number of benzene rings is 1. The topological polar surface area (TPSA) is 117 Å². The molecule has 31 heavy (non-hydrogen) atoms. The molecule has 2 aromatic heterocycles. The van der Waals surface area contributed by atoms with Gasteiger partial charge >= 0.3 is 5.97 Å². The van der Waals surface area contributed by atoms with E-state index in [1.54, 1.807) is 24.6 Å². The van der Waals surface area contributed by atoms with E-state index >= 15 is 0 Å². The van der Waals surface area contributed by atoms with Gasteiger partial charge in [0.1, 0.15) is 12.4 Å². The molecule has 0 amide bonds. The molecule has 3 aromatic rings. The second-order valence-corrected chi connectivity index (χ2v) is 7.98. The van der Waals surface area contributed by atoms with Crippen LogP contribution in [0, 0.1) is 5.82 Å². The summed E-state index contributed by atoms with van der Waals surface area (Å²) in [4.78, 5) is 38.9. The Bertz CT molecular complexity index is 1440. The van der Waals surface area contributed by atoms with Gasteiger partial charge in [-0.25, -0.2) is 9.18 Å². The zero-order chi connectivity index (χ0) is 22.2. The summed E-state index contributed by atoms with van der Waals surface area (Å²) >= 11 is 0. The van der Waals surface area contributed by atoms with Gasteiger partial charge in [0.15, 0.2) is 11.0 Å². The SMILES string of the molecule is CC[C@@]1(O)C(=O)OCc2c1cc1n(c2=O)Cc2c-1c(=O)c1cc(F)c(CN)cc1n2C. The lowest BCUT2D eigenvalue weighted by Crippen LogP contribution is -2.44. The predicted octanol–water partition coefficient (Wildman–Crippen LogP) is 0.981. The van der Waals surface area contributed by atoms with Crippen molar-refractivity contribution in [2.45, 2.75) is 38.6 Å². The quantitative estimate of drug-likeness (QED) is 0.463. The Balaban J connectivity index is 1.87. The molecule has 5 rings (SSSR count). The number of halogens is 1. The van der Waals surface area contributed by atoms with Crippen LogP contribution in [-0.4, -0.2) is 20.2 Å². The van der Waals surface area contributed by atoms with Crippen molar-refractivity contribution < 1.29 is 19.0 Å². The van der Waals surface area contributed by atoms with Crippen LogP contribution in [0.4, 0.5) is 4.39 Å². The highest BCUT2D eigenvalue weighted by Gasteiger charge is 2.45. The summed E-state index contributed by atoms with van der Waals surface area (Å²) in [6.45, 7) is 1.49. The third-order valence-electron chi connectivity index (χ3n) is 6.52. The van der Waals surface area contributed by atoms with Crippen molar-refractivity contribution in [3.63, 3.8) is 0 Å². The zero-order valence-electron chi connectivity index (χ0n) is 17.0. The molecule has 160 valence electrons. The minimum atomic E-state index is -1.96. The first-order valence-corrected chi connectivity index (χ1v) is 9.94. The molecule has 2 aliphatic heterocycles. The van der Waals surface area contributed by atoms with E-state index in [4.69, 9.17) is 10.5 Å². The molecular formula is C22H20FN3O5. The maximum atomic E-state index is 14.4. The number of hydrogen-bond donors (Lipinski definition) is 2. The number of esters is 1. The lowest BCUT2D eigenvalue weighted by molar-refractivity contribution is -0.172. The molecule has 0 aliphatic carbocycles. The van der Waals surface area contributed by atoms with E-state index in [2.05, 4.69) is 0 Å². The molecule has 8 nitrogen and oxygen atoms in total. The summed E-state index contributed by atoms with van der Waals surface area (Å²) in [6, 6.07) is 4.23. The van der Waals surface area contributed by atoms with Crippen molar-refractivity contribution >= 4 is 16.9 Å². The fourth-order valence-corrected chi connectivity index (χ4v) is 4.66. The van der Waals surface area contributed by atoms with E-state index in [9.17, 15) is 23.9 Å². The number of pyridine rings is 2. The van der Waals surface area contributed by atoms with E-state index in [0.29, 0.717) is 16.9 Å². The van der Waals surface area contributed by atoms with Crippen LogP contribution in [-0.2, 0) is 41.9 Å². The number of hydrogen-bond acceptors (Lipinski definition) is 6. The highest BCUT2D eigenvalue weighted by Crippen LogP contribution is 2.38. The van der Waals surface area contributed by atoms with Crippen LogP contribution in [0.15, 0.2) is 27.8 Å². The van der Waals surface area contributed by atoms with Crippen LogP contribution >= 0.6 is 0 Å². The second kappa shape index (κ2) is 6.35. The van der Waals surface area contributed by atoms with Crippen molar-refractivity contribution in [1.82, 2.24) is 9.13 Å². The number of fused-ring (bicyclic) bond motifs is 5. The molecule has 1 aromatic carbocycles. The molecule has 3 N–H and O–H groups in total. The number of ether oxygens (including phenoxy) is 1. The number of aliphatic hydroxyl groups is 1. The molecule has 0 spiro atoms. The fourth-order valence-electron chi connectivity index (χ4n) is 4.66.